The van der Waals surface area contributed by atoms with Crippen LogP contribution in [0.2, 0.25) is 0 Å². The number of anilines is 1. The number of amides is 2. The second kappa shape index (κ2) is 10.3. The van der Waals surface area contributed by atoms with Gasteiger partial charge in [-0.25, -0.2) is 8.78 Å². The van der Waals surface area contributed by atoms with Gasteiger partial charge in [0.25, 0.3) is 0 Å². The largest absolute Gasteiger partial charge is 0.497 e. The van der Waals surface area contributed by atoms with E-state index in [9.17, 15) is 18.4 Å². The van der Waals surface area contributed by atoms with Crippen molar-refractivity contribution in [3.8, 4) is 5.75 Å². The Morgan fingerprint density at radius 1 is 1.03 bits per heavy atom. The van der Waals surface area contributed by atoms with Crippen LogP contribution in [0.15, 0.2) is 42.5 Å². The molecule has 0 bridgehead atoms. The molecule has 1 heterocycles. The van der Waals surface area contributed by atoms with Gasteiger partial charge in [-0.2, -0.15) is 0 Å². The van der Waals surface area contributed by atoms with Gasteiger partial charge >= 0.3 is 11.8 Å². The van der Waals surface area contributed by atoms with Crippen molar-refractivity contribution in [1.82, 2.24) is 15.1 Å². The van der Waals surface area contributed by atoms with Crippen LogP contribution in [0, 0.1) is 11.6 Å². The molecule has 0 spiro atoms. The molecule has 0 aromatic heterocycles. The molecule has 9 heteroatoms. The summed E-state index contributed by atoms with van der Waals surface area (Å²) in [5, 5.41) is 4.81. The van der Waals surface area contributed by atoms with E-state index in [2.05, 4.69) is 27.5 Å². The predicted molar refractivity (Wildman–Crippen MR) is 113 cm³/mol. The molecule has 7 nitrogen and oxygen atoms in total. The summed E-state index contributed by atoms with van der Waals surface area (Å²) >= 11 is 0. The van der Waals surface area contributed by atoms with E-state index in [1.54, 1.807) is 7.11 Å². The number of hydrogen-bond donors (Lipinski definition) is 2. The molecule has 0 aliphatic carbocycles. The van der Waals surface area contributed by atoms with Crippen LogP contribution in [0.4, 0.5) is 14.5 Å². The van der Waals surface area contributed by atoms with Crippen LogP contribution < -0.4 is 15.4 Å². The first-order chi connectivity index (χ1) is 14.9. The lowest BCUT2D eigenvalue weighted by atomic mass is 10.0. The van der Waals surface area contributed by atoms with Gasteiger partial charge in [0.2, 0.25) is 0 Å². The average molecular weight is 432 g/mol. The zero-order chi connectivity index (χ0) is 22.4. The summed E-state index contributed by atoms with van der Waals surface area (Å²) in [7, 11) is 3.65. The highest BCUT2D eigenvalue weighted by atomic mass is 19.1. The molecule has 1 aliphatic heterocycles. The summed E-state index contributed by atoms with van der Waals surface area (Å²) in [5.41, 5.74) is 0.725. The fraction of sp³-hybridized carbons (Fsp3) is 0.364. The molecule has 0 unspecified atom stereocenters. The maximum Gasteiger partial charge on any atom is 0.313 e. The molecule has 166 valence electrons. The molecular weight excluding hydrogens is 406 g/mol. The highest BCUT2D eigenvalue weighted by molar-refractivity contribution is 6.39. The van der Waals surface area contributed by atoms with Crippen molar-refractivity contribution in [3.63, 3.8) is 0 Å². The van der Waals surface area contributed by atoms with Crippen LogP contribution >= 0.6 is 0 Å². The number of nitrogens with zero attached hydrogens (tertiary/aromatic N) is 2. The molecule has 1 saturated heterocycles. The average Bonchev–Trinajstić information content (AvgIpc) is 2.77. The van der Waals surface area contributed by atoms with Crippen LogP contribution in [0.25, 0.3) is 0 Å². The second-order valence-corrected chi connectivity index (χ2v) is 7.42. The van der Waals surface area contributed by atoms with Gasteiger partial charge in [0, 0.05) is 38.8 Å². The van der Waals surface area contributed by atoms with E-state index in [4.69, 9.17) is 4.74 Å². The highest BCUT2D eigenvalue weighted by Crippen LogP contribution is 2.24. The number of likely N-dealkylation sites (N-methyl/N-ethyl adjacent to an activating group) is 1. The molecule has 1 aliphatic rings. The number of halogens is 2. The Hall–Kier alpha value is -3.04. The summed E-state index contributed by atoms with van der Waals surface area (Å²) < 4.78 is 32.0. The molecule has 31 heavy (non-hydrogen) atoms. The fourth-order valence-electron chi connectivity index (χ4n) is 3.46. The molecule has 0 saturated carbocycles. The van der Waals surface area contributed by atoms with Crippen molar-refractivity contribution in [2.75, 3.05) is 52.2 Å². The maximum absolute atomic E-state index is 13.7. The van der Waals surface area contributed by atoms with Gasteiger partial charge in [0.15, 0.2) is 0 Å². The number of hydrogen-bond acceptors (Lipinski definition) is 5. The summed E-state index contributed by atoms with van der Waals surface area (Å²) in [5.74, 6) is -2.90. The molecule has 0 radical (unpaired) electrons. The normalized spacial score (nSPS) is 15.9. The Morgan fingerprint density at radius 3 is 2.32 bits per heavy atom. The van der Waals surface area contributed by atoms with Crippen LogP contribution in [-0.4, -0.2) is 68.5 Å². The highest BCUT2D eigenvalue weighted by Gasteiger charge is 2.26. The monoisotopic (exact) mass is 432 g/mol. The van der Waals surface area contributed by atoms with Crippen molar-refractivity contribution in [2.24, 2.45) is 0 Å². The van der Waals surface area contributed by atoms with Gasteiger partial charge in [0.05, 0.1) is 18.8 Å². The van der Waals surface area contributed by atoms with Crippen LogP contribution in [0.1, 0.15) is 11.6 Å². The minimum Gasteiger partial charge on any atom is -0.497 e. The van der Waals surface area contributed by atoms with Gasteiger partial charge < -0.3 is 20.3 Å². The van der Waals surface area contributed by atoms with E-state index in [0.717, 1.165) is 49.6 Å². The van der Waals surface area contributed by atoms with E-state index < -0.39 is 23.4 Å². The fourth-order valence-corrected chi connectivity index (χ4v) is 3.46. The second-order valence-electron chi connectivity index (χ2n) is 7.42. The van der Waals surface area contributed by atoms with Crippen molar-refractivity contribution in [2.45, 2.75) is 6.04 Å². The predicted octanol–water partition coefficient (Wildman–Crippen LogP) is 2.02. The first-order valence-electron chi connectivity index (χ1n) is 9.98. The number of ether oxygens (including phenoxy) is 1. The van der Waals surface area contributed by atoms with Gasteiger partial charge in [-0.3, -0.25) is 14.5 Å². The molecule has 1 atom stereocenters. The first kappa shape index (κ1) is 22.6. The molecule has 2 N–H and O–H groups in total. The summed E-state index contributed by atoms with van der Waals surface area (Å²) in [4.78, 5) is 29.0. The van der Waals surface area contributed by atoms with Gasteiger partial charge in [-0.15, -0.1) is 0 Å². The van der Waals surface area contributed by atoms with Crippen molar-refractivity contribution in [1.29, 1.82) is 0 Å². The smallest absolute Gasteiger partial charge is 0.313 e. The summed E-state index contributed by atoms with van der Waals surface area (Å²) in [6, 6.07) is 10.1. The van der Waals surface area contributed by atoms with Crippen molar-refractivity contribution in [3.05, 3.63) is 59.7 Å². The van der Waals surface area contributed by atoms with Crippen molar-refractivity contribution < 1.29 is 23.1 Å². The molecule has 1 fully saturated rings. The molecular formula is C22H26F2N4O3. The Labute approximate surface area is 180 Å². The van der Waals surface area contributed by atoms with Crippen LogP contribution in [0.5, 0.6) is 5.75 Å². The molecule has 2 aromatic carbocycles. The third kappa shape index (κ3) is 5.99. The van der Waals surface area contributed by atoms with Gasteiger partial charge in [-0.1, -0.05) is 12.1 Å². The van der Waals surface area contributed by atoms with Crippen molar-refractivity contribution >= 4 is 17.5 Å². The third-order valence-electron chi connectivity index (χ3n) is 5.32. The van der Waals surface area contributed by atoms with E-state index in [-0.39, 0.29) is 18.3 Å². The number of methoxy groups -OCH3 is 1. The number of rotatable bonds is 6. The van der Waals surface area contributed by atoms with E-state index in [0.29, 0.717) is 6.07 Å². The Balaban J connectivity index is 1.66. The van der Waals surface area contributed by atoms with Crippen LogP contribution in [0.3, 0.4) is 0 Å². The number of piperazine rings is 1. The molecule has 2 aromatic rings. The number of carbonyl (C=O) groups is 2. The standard InChI is InChI=1S/C22H26F2N4O3/c1-27-9-11-28(12-10-27)20(15-3-6-17(31-2)7-4-15)14-25-21(29)22(30)26-19-8-5-16(23)13-18(19)24/h3-8,13,20H,9-12,14H2,1-2H3,(H,25,29)(H,26,30)/t20-/m0/s1. The summed E-state index contributed by atoms with van der Waals surface area (Å²) in [6.07, 6.45) is 0. The molecule has 3 rings (SSSR count). The van der Waals surface area contributed by atoms with Crippen LogP contribution in [-0.2, 0) is 9.59 Å². The first-order valence-corrected chi connectivity index (χ1v) is 9.98. The minimum atomic E-state index is -1.02. The SMILES string of the molecule is COc1ccc([C@H](CNC(=O)C(=O)Nc2ccc(F)cc2F)N2CCN(C)CC2)cc1. The van der Waals surface area contributed by atoms with E-state index in [1.807, 2.05) is 24.3 Å². The Bertz CT molecular complexity index is 915. The lowest BCUT2D eigenvalue weighted by Crippen LogP contribution is -2.49. The maximum atomic E-state index is 13.7. The van der Waals surface area contributed by atoms with E-state index >= 15 is 0 Å². The summed E-state index contributed by atoms with van der Waals surface area (Å²) in [6.45, 7) is 3.62. The Morgan fingerprint density at radius 2 is 1.71 bits per heavy atom. The topological polar surface area (TPSA) is 73.9 Å². The number of nitrogens with one attached hydrogen (secondary N) is 2. The lowest BCUT2D eigenvalue weighted by Gasteiger charge is -2.38. The zero-order valence-electron chi connectivity index (χ0n) is 17.5. The molecule has 2 amide bonds. The van der Waals surface area contributed by atoms with E-state index in [1.165, 1.54) is 0 Å². The number of benzene rings is 2. The quantitative estimate of drug-likeness (QED) is 0.684. The third-order valence-corrected chi connectivity index (χ3v) is 5.32. The van der Waals surface area contributed by atoms with Gasteiger partial charge in [0.1, 0.15) is 17.4 Å². The number of carbonyl (C=O) groups excluding carboxylic acids is 2. The van der Waals surface area contributed by atoms with Gasteiger partial charge in [-0.05, 0) is 36.9 Å². The lowest BCUT2D eigenvalue weighted by molar-refractivity contribution is -0.136. The minimum absolute atomic E-state index is 0.140. The zero-order valence-corrected chi connectivity index (χ0v) is 17.5. The Kier molecular flexibility index (Phi) is 7.54.